The zero-order valence-electron chi connectivity index (χ0n) is 19.8. The molecular formula is C29H23ClN2O5. The van der Waals surface area contributed by atoms with Gasteiger partial charge in [-0.05, 0) is 59.2 Å². The van der Waals surface area contributed by atoms with E-state index in [1.807, 2.05) is 30.3 Å². The minimum Gasteiger partial charge on any atom is -0.508 e. The van der Waals surface area contributed by atoms with Crippen molar-refractivity contribution in [3.63, 3.8) is 0 Å². The van der Waals surface area contributed by atoms with Crippen LogP contribution < -0.4 is 5.32 Å². The van der Waals surface area contributed by atoms with Gasteiger partial charge in [0.05, 0.1) is 29.3 Å². The molecule has 0 aliphatic heterocycles. The van der Waals surface area contributed by atoms with E-state index in [-0.39, 0.29) is 22.0 Å². The standard InChI is InChI=1S/C29H23ClN2O5/c1-37-29(36)26(15-19-13-20-6-2-3-8-25(20)31-17-19)32-28(35)23-11-10-21(16-24(23)30)27(34)12-9-18-5-4-7-22(33)14-18/h2-17,27,33-34H,1H3,(H,32,35)/b12-9+,26-15-. The maximum absolute atomic E-state index is 13.0. The smallest absolute Gasteiger partial charge is 0.354 e. The van der Waals surface area contributed by atoms with Crippen LogP contribution in [-0.4, -0.2) is 34.2 Å². The summed E-state index contributed by atoms with van der Waals surface area (Å²) in [4.78, 5) is 29.7. The summed E-state index contributed by atoms with van der Waals surface area (Å²) in [5.41, 5.74) is 2.60. The number of amides is 1. The second kappa shape index (κ2) is 11.5. The fraction of sp³-hybridized carbons (Fsp3) is 0.0690. The molecule has 4 aromatic rings. The van der Waals surface area contributed by atoms with Gasteiger partial charge >= 0.3 is 5.97 Å². The molecule has 0 fully saturated rings. The van der Waals surface area contributed by atoms with E-state index in [0.29, 0.717) is 16.7 Å². The number of aromatic hydroxyl groups is 1. The average molecular weight is 515 g/mol. The van der Waals surface area contributed by atoms with Gasteiger partial charge in [-0.1, -0.05) is 60.2 Å². The Kier molecular flexibility index (Phi) is 7.98. The van der Waals surface area contributed by atoms with E-state index in [1.54, 1.807) is 42.6 Å². The van der Waals surface area contributed by atoms with Gasteiger partial charge in [-0.25, -0.2) is 4.79 Å². The van der Waals surface area contributed by atoms with Gasteiger partial charge in [-0.2, -0.15) is 0 Å². The van der Waals surface area contributed by atoms with Crippen molar-refractivity contribution in [1.29, 1.82) is 0 Å². The predicted octanol–water partition coefficient (Wildman–Crippen LogP) is 5.28. The van der Waals surface area contributed by atoms with Crippen molar-refractivity contribution in [2.75, 3.05) is 7.11 Å². The highest BCUT2D eigenvalue weighted by Crippen LogP contribution is 2.24. The largest absolute Gasteiger partial charge is 0.508 e. The van der Waals surface area contributed by atoms with E-state index < -0.39 is 18.0 Å². The second-order valence-electron chi connectivity index (χ2n) is 8.10. The molecule has 4 rings (SSSR count). The number of pyridine rings is 1. The minimum atomic E-state index is -0.997. The summed E-state index contributed by atoms with van der Waals surface area (Å²) in [5, 5.41) is 23.6. The predicted molar refractivity (Wildman–Crippen MR) is 143 cm³/mol. The third-order valence-electron chi connectivity index (χ3n) is 5.50. The quantitative estimate of drug-likeness (QED) is 0.228. The highest BCUT2D eigenvalue weighted by Gasteiger charge is 2.18. The zero-order valence-corrected chi connectivity index (χ0v) is 20.5. The highest BCUT2D eigenvalue weighted by molar-refractivity contribution is 6.34. The number of aliphatic hydroxyl groups excluding tert-OH is 1. The molecule has 0 saturated heterocycles. The maximum atomic E-state index is 13.0. The number of methoxy groups -OCH3 is 1. The zero-order chi connectivity index (χ0) is 26.4. The van der Waals surface area contributed by atoms with Gasteiger partial charge in [0.2, 0.25) is 0 Å². The van der Waals surface area contributed by atoms with Crippen LogP contribution in [0, 0.1) is 0 Å². The fourth-order valence-corrected chi connectivity index (χ4v) is 3.90. The fourth-order valence-electron chi connectivity index (χ4n) is 3.62. The molecule has 3 aromatic carbocycles. The number of esters is 1. The first-order valence-electron chi connectivity index (χ1n) is 11.2. The molecule has 0 radical (unpaired) electrons. The number of ether oxygens (including phenoxy) is 1. The summed E-state index contributed by atoms with van der Waals surface area (Å²) in [5.74, 6) is -1.24. The Morgan fingerprint density at radius 1 is 1.03 bits per heavy atom. The molecule has 1 unspecified atom stereocenters. The van der Waals surface area contributed by atoms with E-state index >= 15 is 0 Å². The number of aliphatic hydroxyl groups is 1. The first-order valence-corrected chi connectivity index (χ1v) is 11.6. The van der Waals surface area contributed by atoms with Gasteiger partial charge < -0.3 is 20.3 Å². The maximum Gasteiger partial charge on any atom is 0.354 e. The lowest BCUT2D eigenvalue weighted by atomic mass is 10.0. The Balaban J connectivity index is 1.53. The summed E-state index contributed by atoms with van der Waals surface area (Å²) >= 11 is 6.35. The van der Waals surface area contributed by atoms with Crippen molar-refractivity contribution >= 4 is 46.5 Å². The van der Waals surface area contributed by atoms with Crippen LogP contribution in [0.2, 0.25) is 5.02 Å². The number of aromatic nitrogens is 1. The Morgan fingerprint density at radius 3 is 2.59 bits per heavy atom. The average Bonchev–Trinajstić information content (AvgIpc) is 2.90. The van der Waals surface area contributed by atoms with E-state index in [1.165, 1.54) is 31.4 Å². The summed E-state index contributed by atoms with van der Waals surface area (Å²) in [6.07, 6.45) is 5.26. The van der Waals surface area contributed by atoms with Gasteiger partial charge in [0.25, 0.3) is 5.91 Å². The number of rotatable bonds is 7. The number of halogens is 1. The van der Waals surface area contributed by atoms with Crippen LogP contribution in [0.4, 0.5) is 0 Å². The minimum absolute atomic E-state index is 0.0844. The molecule has 186 valence electrons. The van der Waals surface area contributed by atoms with E-state index in [9.17, 15) is 19.8 Å². The number of hydrogen-bond acceptors (Lipinski definition) is 6. The Bertz CT molecular complexity index is 1530. The molecule has 3 N–H and O–H groups in total. The molecule has 37 heavy (non-hydrogen) atoms. The molecule has 0 saturated carbocycles. The first-order chi connectivity index (χ1) is 17.8. The molecule has 0 aliphatic rings. The lowest BCUT2D eigenvalue weighted by Crippen LogP contribution is -2.28. The SMILES string of the molecule is COC(=O)/C(=C/c1cnc2ccccc2c1)NC(=O)c1ccc(C(O)/C=C/c2cccc(O)c2)cc1Cl. The number of nitrogens with zero attached hydrogens (tertiary/aromatic N) is 1. The van der Waals surface area contributed by atoms with Gasteiger partial charge in [-0.15, -0.1) is 0 Å². The lowest BCUT2D eigenvalue weighted by Gasteiger charge is -2.12. The Morgan fingerprint density at radius 2 is 1.84 bits per heavy atom. The Labute approximate surface area is 218 Å². The number of phenolic OH excluding ortho intramolecular Hbond substituents is 1. The number of fused-ring (bicyclic) bond motifs is 1. The van der Waals surface area contributed by atoms with Crippen LogP contribution in [0.1, 0.15) is 33.2 Å². The summed E-state index contributed by atoms with van der Waals surface area (Å²) < 4.78 is 4.83. The number of para-hydroxylation sites is 1. The molecule has 8 heteroatoms. The van der Waals surface area contributed by atoms with Crippen molar-refractivity contribution in [3.05, 3.63) is 118 Å². The number of phenols is 1. The van der Waals surface area contributed by atoms with E-state index in [0.717, 1.165) is 10.9 Å². The van der Waals surface area contributed by atoms with Crippen molar-refractivity contribution in [2.45, 2.75) is 6.10 Å². The van der Waals surface area contributed by atoms with E-state index in [2.05, 4.69) is 10.3 Å². The van der Waals surface area contributed by atoms with Crippen LogP contribution in [-0.2, 0) is 9.53 Å². The molecule has 1 atom stereocenters. The number of carbonyl (C=O) groups is 2. The van der Waals surface area contributed by atoms with Crippen molar-refractivity contribution in [2.24, 2.45) is 0 Å². The first kappa shape index (κ1) is 25.6. The lowest BCUT2D eigenvalue weighted by molar-refractivity contribution is -0.136. The van der Waals surface area contributed by atoms with Gasteiger partial charge in [0, 0.05) is 11.6 Å². The molecular weight excluding hydrogens is 492 g/mol. The Hall–Kier alpha value is -4.46. The van der Waals surface area contributed by atoms with Crippen molar-refractivity contribution < 1.29 is 24.5 Å². The van der Waals surface area contributed by atoms with Gasteiger partial charge in [-0.3, -0.25) is 9.78 Å². The summed E-state index contributed by atoms with van der Waals surface area (Å²) in [6, 6.07) is 20.5. The van der Waals surface area contributed by atoms with Crippen molar-refractivity contribution in [1.82, 2.24) is 10.3 Å². The van der Waals surface area contributed by atoms with Crippen LogP contribution in [0.15, 0.2) is 90.8 Å². The van der Waals surface area contributed by atoms with Crippen LogP contribution in [0.5, 0.6) is 5.75 Å². The highest BCUT2D eigenvalue weighted by atomic mass is 35.5. The number of carbonyl (C=O) groups excluding carboxylic acids is 2. The molecule has 0 spiro atoms. The molecule has 0 aliphatic carbocycles. The third kappa shape index (κ3) is 6.41. The summed E-state index contributed by atoms with van der Waals surface area (Å²) in [7, 11) is 1.22. The van der Waals surface area contributed by atoms with Crippen LogP contribution in [0.3, 0.4) is 0 Å². The molecule has 1 aromatic heterocycles. The number of benzene rings is 3. The van der Waals surface area contributed by atoms with Crippen molar-refractivity contribution in [3.8, 4) is 5.75 Å². The molecule has 7 nitrogen and oxygen atoms in total. The summed E-state index contributed by atoms with van der Waals surface area (Å²) in [6.45, 7) is 0. The van der Waals surface area contributed by atoms with E-state index in [4.69, 9.17) is 16.3 Å². The number of hydrogen-bond donors (Lipinski definition) is 3. The number of nitrogens with one attached hydrogen (secondary N) is 1. The van der Waals surface area contributed by atoms with Gasteiger partial charge in [0.15, 0.2) is 0 Å². The molecule has 0 bridgehead atoms. The third-order valence-corrected chi connectivity index (χ3v) is 5.81. The van der Waals surface area contributed by atoms with Gasteiger partial charge in [0.1, 0.15) is 11.4 Å². The van der Waals surface area contributed by atoms with Crippen LogP contribution in [0.25, 0.3) is 23.1 Å². The van der Waals surface area contributed by atoms with Crippen LogP contribution >= 0.6 is 11.6 Å². The second-order valence-corrected chi connectivity index (χ2v) is 8.51. The molecule has 1 heterocycles. The monoisotopic (exact) mass is 514 g/mol. The normalized spacial score (nSPS) is 12.5. The molecule has 1 amide bonds. The topological polar surface area (TPSA) is 109 Å².